The van der Waals surface area contributed by atoms with Gasteiger partial charge in [-0.1, -0.05) is 32.5 Å². The molecule has 1 N–H and O–H groups in total. The lowest BCUT2D eigenvalue weighted by atomic mass is 9.84. The normalized spacial score (nSPS) is 16.4. The van der Waals surface area contributed by atoms with Gasteiger partial charge in [0, 0.05) is 0 Å². The minimum Gasteiger partial charge on any atom is -0.467 e. The van der Waals surface area contributed by atoms with Crippen LogP contribution in [0.3, 0.4) is 0 Å². The Morgan fingerprint density at radius 3 is 2.29 bits per heavy atom. The Morgan fingerprint density at radius 1 is 1.41 bits per heavy atom. The first kappa shape index (κ1) is 16.4. The fourth-order valence-corrected chi connectivity index (χ4v) is 2.43. The van der Waals surface area contributed by atoms with Gasteiger partial charge in [-0.3, -0.25) is 4.79 Å². The summed E-state index contributed by atoms with van der Waals surface area (Å²) >= 11 is 1.13. The van der Waals surface area contributed by atoms with Crippen LogP contribution in [0.25, 0.3) is 0 Å². The summed E-state index contributed by atoms with van der Waals surface area (Å²) in [4.78, 5) is 23.5. The van der Waals surface area contributed by atoms with Crippen LogP contribution in [0.5, 0.6) is 0 Å². The van der Waals surface area contributed by atoms with Gasteiger partial charge in [0.05, 0.1) is 13.0 Å². The largest absolute Gasteiger partial charge is 0.467 e. The van der Waals surface area contributed by atoms with Crippen LogP contribution in [0.15, 0.2) is 0 Å². The van der Waals surface area contributed by atoms with Crippen molar-refractivity contribution in [2.45, 2.75) is 39.7 Å². The van der Waals surface area contributed by atoms with E-state index in [2.05, 4.69) is 4.74 Å². The average Bonchev–Trinajstić information content (AvgIpc) is 2.24. The molecule has 0 fully saturated rings. The van der Waals surface area contributed by atoms with Gasteiger partial charge in [-0.2, -0.15) is 0 Å². The summed E-state index contributed by atoms with van der Waals surface area (Å²) in [6, 6.07) is 0. The quantitative estimate of drug-likeness (QED) is 0.740. The molecule has 0 heterocycles. The maximum Gasteiger partial charge on any atom is 0.338 e. The highest BCUT2D eigenvalue weighted by Gasteiger charge is 2.44. The summed E-state index contributed by atoms with van der Waals surface area (Å²) < 4.78 is 4.56. The molecule has 0 radical (unpaired) electrons. The van der Waals surface area contributed by atoms with Crippen molar-refractivity contribution in [2.24, 2.45) is 11.8 Å². The number of ether oxygens (including phenoxy) is 1. The molecule has 0 aromatic carbocycles. The molecule has 0 aromatic heterocycles. The van der Waals surface area contributed by atoms with Gasteiger partial charge in [0.1, 0.15) is 0 Å². The molecule has 0 aliphatic carbocycles. The van der Waals surface area contributed by atoms with E-state index in [1.54, 1.807) is 0 Å². The molecular weight excluding hydrogens is 240 g/mol. The Bertz CT molecular complexity index is 274. The van der Waals surface area contributed by atoms with Gasteiger partial charge in [0.15, 0.2) is 10.7 Å². The van der Waals surface area contributed by atoms with Gasteiger partial charge in [0.25, 0.3) is 0 Å². The number of esters is 1. The van der Waals surface area contributed by atoms with Gasteiger partial charge in [-0.15, -0.1) is 0 Å². The second-order valence-corrected chi connectivity index (χ2v) is 5.84. The van der Waals surface area contributed by atoms with E-state index < -0.39 is 17.5 Å². The maximum atomic E-state index is 11.9. The van der Waals surface area contributed by atoms with E-state index in [0.717, 1.165) is 11.8 Å². The van der Waals surface area contributed by atoms with Crippen molar-refractivity contribution in [3.8, 4) is 0 Å². The number of methoxy groups -OCH3 is 1. The molecule has 5 heteroatoms. The topological polar surface area (TPSA) is 63.6 Å². The summed E-state index contributed by atoms with van der Waals surface area (Å²) in [6.45, 7) is 7.11. The third-order valence-corrected chi connectivity index (χ3v) is 3.41. The summed E-state index contributed by atoms with van der Waals surface area (Å²) in [5.74, 6) is -0.629. The van der Waals surface area contributed by atoms with Gasteiger partial charge < -0.3 is 9.84 Å². The smallest absolute Gasteiger partial charge is 0.338 e. The van der Waals surface area contributed by atoms with Crippen LogP contribution in [0, 0.1) is 11.8 Å². The molecular formula is C12H22O4S. The minimum atomic E-state index is -1.75. The van der Waals surface area contributed by atoms with Crippen LogP contribution in [0.4, 0.5) is 0 Å². The highest BCUT2D eigenvalue weighted by atomic mass is 32.2. The molecule has 17 heavy (non-hydrogen) atoms. The van der Waals surface area contributed by atoms with Crippen LogP contribution in [-0.4, -0.2) is 34.7 Å². The molecule has 0 aliphatic heterocycles. The Labute approximate surface area is 107 Å². The number of carbonyl (C=O) groups excluding carboxylic acids is 2. The number of aliphatic hydroxyl groups is 1. The van der Waals surface area contributed by atoms with E-state index in [1.165, 1.54) is 14.0 Å². The fraction of sp³-hybridized carbons (Fsp3) is 0.833. The molecule has 2 atom stereocenters. The molecule has 0 bridgehead atoms. The van der Waals surface area contributed by atoms with Gasteiger partial charge in [-0.05, 0) is 25.0 Å². The van der Waals surface area contributed by atoms with E-state index in [9.17, 15) is 14.7 Å². The van der Waals surface area contributed by atoms with E-state index in [-0.39, 0.29) is 11.0 Å². The molecule has 0 aromatic rings. The summed E-state index contributed by atoms with van der Waals surface area (Å²) in [7, 11) is 1.21. The molecule has 0 unspecified atom stereocenters. The van der Waals surface area contributed by atoms with Crippen LogP contribution >= 0.6 is 11.8 Å². The third-order valence-electron chi connectivity index (χ3n) is 2.56. The summed E-state index contributed by atoms with van der Waals surface area (Å²) in [5.41, 5.74) is -1.75. The molecule has 4 nitrogen and oxygen atoms in total. The first-order valence-electron chi connectivity index (χ1n) is 5.74. The lowest BCUT2D eigenvalue weighted by Crippen LogP contribution is -2.47. The lowest BCUT2D eigenvalue weighted by molar-refractivity contribution is -0.168. The molecule has 0 saturated carbocycles. The number of carbonyl (C=O) groups is 2. The number of rotatable bonds is 6. The van der Waals surface area contributed by atoms with E-state index in [4.69, 9.17) is 0 Å². The van der Waals surface area contributed by atoms with Gasteiger partial charge >= 0.3 is 5.97 Å². The number of hydrogen-bond donors (Lipinski definition) is 1. The Morgan fingerprint density at radius 2 is 1.94 bits per heavy atom. The molecule has 0 rings (SSSR count). The van der Waals surface area contributed by atoms with Crippen molar-refractivity contribution >= 4 is 22.8 Å². The molecule has 0 aliphatic rings. The van der Waals surface area contributed by atoms with E-state index in [0.29, 0.717) is 12.2 Å². The molecule has 100 valence electrons. The number of thioether (sulfide) groups is 1. The fourth-order valence-electron chi connectivity index (χ4n) is 1.62. The zero-order valence-corrected chi connectivity index (χ0v) is 12.0. The predicted octanol–water partition coefficient (Wildman–Crippen LogP) is 1.85. The van der Waals surface area contributed by atoms with E-state index in [1.807, 2.05) is 20.8 Å². The highest BCUT2D eigenvalue weighted by molar-refractivity contribution is 8.13. The zero-order chi connectivity index (χ0) is 13.6. The second-order valence-electron chi connectivity index (χ2n) is 4.57. The summed E-state index contributed by atoms with van der Waals surface area (Å²) in [5, 5.41) is 10.0. The lowest BCUT2D eigenvalue weighted by Gasteiger charge is -2.30. The van der Waals surface area contributed by atoms with Crippen LogP contribution in [-0.2, 0) is 14.3 Å². The first-order valence-corrected chi connectivity index (χ1v) is 6.73. The third kappa shape index (κ3) is 4.68. The Hall–Kier alpha value is -0.550. The molecule has 0 saturated heterocycles. The predicted molar refractivity (Wildman–Crippen MR) is 68.7 cm³/mol. The zero-order valence-electron chi connectivity index (χ0n) is 11.1. The summed E-state index contributed by atoms with van der Waals surface area (Å²) in [6.07, 6.45) is 0.466. The second kappa shape index (κ2) is 7.01. The average molecular weight is 262 g/mol. The monoisotopic (exact) mass is 262 g/mol. The molecule has 0 spiro atoms. The standard InChI is InChI=1S/C12H22O4S/c1-6-17-10(13)9(7-8(2)3)12(4,15)11(14)16-5/h8-9,15H,6-7H2,1-5H3/t9-,12-/m0/s1. The van der Waals surface area contributed by atoms with Crippen molar-refractivity contribution < 1.29 is 19.4 Å². The minimum absolute atomic E-state index is 0.156. The van der Waals surface area contributed by atoms with Crippen molar-refractivity contribution in [3.05, 3.63) is 0 Å². The van der Waals surface area contributed by atoms with Crippen molar-refractivity contribution in [1.82, 2.24) is 0 Å². The van der Waals surface area contributed by atoms with Crippen LogP contribution in [0.2, 0.25) is 0 Å². The van der Waals surface area contributed by atoms with Crippen molar-refractivity contribution in [3.63, 3.8) is 0 Å². The maximum absolute atomic E-state index is 11.9. The van der Waals surface area contributed by atoms with Crippen LogP contribution in [0.1, 0.15) is 34.1 Å². The molecule has 0 amide bonds. The highest BCUT2D eigenvalue weighted by Crippen LogP contribution is 2.30. The Balaban J connectivity index is 5.02. The van der Waals surface area contributed by atoms with E-state index >= 15 is 0 Å². The number of hydrogen-bond acceptors (Lipinski definition) is 5. The Kier molecular flexibility index (Phi) is 6.78. The van der Waals surface area contributed by atoms with Gasteiger partial charge in [0.2, 0.25) is 0 Å². The van der Waals surface area contributed by atoms with Crippen molar-refractivity contribution in [1.29, 1.82) is 0 Å². The SMILES string of the molecule is CCSC(=O)[C@H](CC(C)C)[C@](C)(O)C(=O)OC. The van der Waals surface area contributed by atoms with Gasteiger partial charge in [-0.25, -0.2) is 4.79 Å². The van der Waals surface area contributed by atoms with Crippen molar-refractivity contribution in [2.75, 3.05) is 12.9 Å². The van der Waals surface area contributed by atoms with Crippen LogP contribution < -0.4 is 0 Å². The first-order chi connectivity index (χ1) is 7.77.